The van der Waals surface area contributed by atoms with Gasteiger partial charge in [-0.05, 0) is 18.2 Å². The molecule has 0 saturated carbocycles. The van der Waals surface area contributed by atoms with E-state index in [2.05, 4.69) is 15.6 Å². The van der Waals surface area contributed by atoms with Gasteiger partial charge in [0.1, 0.15) is 5.75 Å². The number of nitrogens with two attached hydrogens (primary N) is 1. The molecule has 1 fully saturated rings. The number of ether oxygens (including phenoxy) is 1. The van der Waals surface area contributed by atoms with Crippen LogP contribution in [0.1, 0.15) is 0 Å². The van der Waals surface area contributed by atoms with Gasteiger partial charge in [-0.15, -0.1) is 0 Å². The van der Waals surface area contributed by atoms with Crippen molar-refractivity contribution in [2.24, 2.45) is 10.7 Å². The predicted octanol–water partition coefficient (Wildman–Crippen LogP) is 0.507. The van der Waals surface area contributed by atoms with Crippen LogP contribution < -0.4 is 21.1 Å². The number of benzene rings is 1. The SMILES string of the molecule is COc1ccc(NC(N)=NCCN2CCNC(=O)C2)cc1Cl. The van der Waals surface area contributed by atoms with E-state index < -0.39 is 0 Å². The fourth-order valence-electron chi connectivity index (χ4n) is 2.13. The zero-order chi connectivity index (χ0) is 15.9. The van der Waals surface area contributed by atoms with Crippen LogP contribution in [0, 0.1) is 0 Å². The monoisotopic (exact) mass is 325 g/mol. The number of piperazine rings is 1. The van der Waals surface area contributed by atoms with E-state index >= 15 is 0 Å². The van der Waals surface area contributed by atoms with Crippen LogP contribution >= 0.6 is 11.6 Å². The third-order valence-corrected chi connectivity index (χ3v) is 3.54. The molecule has 0 spiro atoms. The molecule has 1 aromatic carbocycles. The molecule has 1 aromatic rings. The van der Waals surface area contributed by atoms with Crippen LogP contribution in [-0.4, -0.2) is 56.6 Å². The van der Waals surface area contributed by atoms with Crippen LogP contribution in [0.15, 0.2) is 23.2 Å². The Morgan fingerprint density at radius 1 is 1.59 bits per heavy atom. The molecule has 22 heavy (non-hydrogen) atoms. The molecule has 1 aliphatic rings. The average molecular weight is 326 g/mol. The third-order valence-electron chi connectivity index (χ3n) is 3.24. The summed E-state index contributed by atoms with van der Waals surface area (Å²) >= 11 is 6.04. The van der Waals surface area contributed by atoms with Crippen molar-refractivity contribution in [2.75, 3.05) is 45.2 Å². The van der Waals surface area contributed by atoms with Crippen molar-refractivity contribution in [3.63, 3.8) is 0 Å². The normalized spacial score (nSPS) is 16.3. The minimum Gasteiger partial charge on any atom is -0.495 e. The van der Waals surface area contributed by atoms with Gasteiger partial charge < -0.3 is 21.1 Å². The van der Waals surface area contributed by atoms with E-state index in [4.69, 9.17) is 22.1 Å². The highest BCUT2D eigenvalue weighted by Crippen LogP contribution is 2.26. The van der Waals surface area contributed by atoms with E-state index in [0.717, 1.165) is 12.2 Å². The summed E-state index contributed by atoms with van der Waals surface area (Å²) in [4.78, 5) is 17.5. The first-order chi connectivity index (χ1) is 10.6. The number of aliphatic imine (C=N–C) groups is 1. The summed E-state index contributed by atoms with van der Waals surface area (Å²) in [5.74, 6) is 0.961. The predicted molar refractivity (Wildman–Crippen MR) is 87.6 cm³/mol. The Bertz CT molecular complexity index is 564. The summed E-state index contributed by atoms with van der Waals surface area (Å²) in [7, 11) is 1.56. The zero-order valence-electron chi connectivity index (χ0n) is 12.4. The van der Waals surface area contributed by atoms with E-state index in [1.165, 1.54) is 0 Å². The first kappa shape index (κ1) is 16.4. The van der Waals surface area contributed by atoms with Gasteiger partial charge in [0.2, 0.25) is 5.91 Å². The summed E-state index contributed by atoms with van der Waals surface area (Å²) in [6, 6.07) is 5.28. The average Bonchev–Trinajstić information content (AvgIpc) is 2.47. The first-order valence-corrected chi connectivity index (χ1v) is 7.36. The van der Waals surface area contributed by atoms with Crippen molar-refractivity contribution >= 4 is 29.2 Å². The fraction of sp³-hybridized carbons (Fsp3) is 0.429. The van der Waals surface area contributed by atoms with Gasteiger partial charge in [0, 0.05) is 25.3 Å². The zero-order valence-corrected chi connectivity index (χ0v) is 13.2. The summed E-state index contributed by atoms with van der Waals surface area (Å²) in [6.45, 7) is 3.15. The smallest absolute Gasteiger partial charge is 0.234 e. The summed E-state index contributed by atoms with van der Waals surface area (Å²) in [6.07, 6.45) is 0. The lowest BCUT2D eigenvalue weighted by molar-refractivity contribution is -0.124. The molecule has 7 nitrogen and oxygen atoms in total. The number of hydrogen-bond donors (Lipinski definition) is 3. The molecule has 1 aliphatic heterocycles. The standard InChI is InChI=1S/C14H20ClN5O2/c1-22-12-3-2-10(8-11(12)15)19-14(16)18-5-7-20-6-4-17-13(21)9-20/h2-3,8H,4-7,9H2,1H3,(H,17,21)(H3,16,18,19). The number of nitrogens with one attached hydrogen (secondary N) is 2. The van der Waals surface area contributed by atoms with Crippen molar-refractivity contribution in [3.8, 4) is 5.75 Å². The Hall–Kier alpha value is -1.99. The molecule has 2 rings (SSSR count). The number of guanidine groups is 1. The second-order valence-corrected chi connectivity index (χ2v) is 5.27. The van der Waals surface area contributed by atoms with Crippen LogP contribution in [0.2, 0.25) is 5.02 Å². The number of carbonyl (C=O) groups excluding carboxylic acids is 1. The highest BCUT2D eigenvalue weighted by molar-refractivity contribution is 6.32. The molecule has 120 valence electrons. The van der Waals surface area contributed by atoms with Gasteiger partial charge >= 0.3 is 0 Å². The molecule has 0 atom stereocenters. The molecular weight excluding hydrogens is 306 g/mol. The number of carbonyl (C=O) groups is 1. The molecule has 0 aromatic heterocycles. The van der Waals surface area contributed by atoms with Crippen LogP contribution in [0.3, 0.4) is 0 Å². The largest absolute Gasteiger partial charge is 0.495 e. The van der Waals surface area contributed by atoms with Gasteiger partial charge in [0.15, 0.2) is 5.96 Å². The molecule has 1 amide bonds. The van der Waals surface area contributed by atoms with Crippen molar-refractivity contribution < 1.29 is 9.53 Å². The number of hydrogen-bond acceptors (Lipinski definition) is 4. The molecular formula is C14H20ClN5O2. The maximum absolute atomic E-state index is 11.2. The first-order valence-electron chi connectivity index (χ1n) is 6.98. The van der Waals surface area contributed by atoms with Gasteiger partial charge in [-0.1, -0.05) is 11.6 Å². The van der Waals surface area contributed by atoms with Gasteiger partial charge in [-0.3, -0.25) is 14.7 Å². The topological polar surface area (TPSA) is 92.0 Å². The Kier molecular flexibility index (Phi) is 5.85. The number of amides is 1. The van der Waals surface area contributed by atoms with E-state index in [9.17, 15) is 4.79 Å². The van der Waals surface area contributed by atoms with E-state index in [-0.39, 0.29) is 5.91 Å². The lowest BCUT2D eigenvalue weighted by Gasteiger charge is -2.25. The number of rotatable bonds is 5. The van der Waals surface area contributed by atoms with E-state index in [1.54, 1.807) is 19.2 Å². The highest BCUT2D eigenvalue weighted by atomic mass is 35.5. The van der Waals surface area contributed by atoms with Gasteiger partial charge in [-0.2, -0.15) is 0 Å². The van der Waals surface area contributed by atoms with Gasteiger partial charge in [-0.25, -0.2) is 0 Å². The Morgan fingerprint density at radius 3 is 3.09 bits per heavy atom. The second-order valence-electron chi connectivity index (χ2n) is 4.87. The van der Waals surface area contributed by atoms with Gasteiger partial charge in [0.05, 0.1) is 25.2 Å². The molecule has 0 radical (unpaired) electrons. The van der Waals surface area contributed by atoms with Crippen molar-refractivity contribution in [3.05, 3.63) is 23.2 Å². The Morgan fingerprint density at radius 2 is 2.41 bits per heavy atom. The molecule has 0 unspecified atom stereocenters. The molecule has 0 bridgehead atoms. The van der Waals surface area contributed by atoms with E-state index in [0.29, 0.717) is 42.9 Å². The maximum Gasteiger partial charge on any atom is 0.234 e. The minimum atomic E-state index is 0.0502. The summed E-state index contributed by atoms with van der Waals surface area (Å²) in [5.41, 5.74) is 6.58. The lowest BCUT2D eigenvalue weighted by atomic mass is 10.3. The molecule has 1 saturated heterocycles. The lowest BCUT2D eigenvalue weighted by Crippen LogP contribution is -2.48. The number of anilines is 1. The summed E-state index contributed by atoms with van der Waals surface area (Å²) < 4.78 is 5.09. The molecule has 0 aliphatic carbocycles. The van der Waals surface area contributed by atoms with Crippen molar-refractivity contribution in [1.29, 1.82) is 0 Å². The molecule has 1 heterocycles. The van der Waals surface area contributed by atoms with Crippen LogP contribution in [-0.2, 0) is 4.79 Å². The fourth-order valence-corrected chi connectivity index (χ4v) is 2.38. The Balaban J connectivity index is 1.82. The quantitative estimate of drug-likeness (QED) is 0.542. The second kappa shape index (κ2) is 7.86. The Labute approximate surface area is 134 Å². The van der Waals surface area contributed by atoms with Crippen molar-refractivity contribution in [1.82, 2.24) is 10.2 Å². The van der Waals surface area contributed by atoms with Crippen LogP contribution in [0.25, 0.3) is 0 Å². The number of nitrogens with zero attached hydrogens (tertiary/aromatic N) is 2. The molecule has 8 heteroatoms. The van der Waals surface area contributed by atoms with Crippen LogP contribution in [0.4, 0.5) is 5.69 Å². The van der Waals surface area contributed by atoms with Crippen LogP contribution in [0.5, 0.6) is 5.75 Å². The van der Waals surface area contributed by atoms with Crippen molar-refractivity contribution in [2.45, 2.75) is 0 Å². The third kappa shape index (κ3) is 4.78. The highest BCUT2D eigenvalue weighted by Gasteiger charge is 2.14. The van der Waals surface area contributed by atoms with Gasteiger partial charge in [0.25, 0.3) is 0 Å². The van der Waals surface area contributed by atoms with E-state index in [1.807, 2.05) is 11.0 Å². The number of methoxy groups -OCH3 is 1. The maximum atomic E-state index is 11.2. The number of halogens is 1. The molecule has 4 N–H and O–H groups in total. The summed E-state index contributed by atoms with van der Waals surface area (Å²) in [5, 5.41) is 6.25. The minimum absolute atomic E-state index is 0.0502.